The Labute approximate surface area is 343 Å². The molecule has 0 saturated heterocycles. The van der Waals surface area contributed by atoms with Crippen LogP contribution in [-0.2, 0) is 5.41 Å². The Kier molecular flexibility index (Phi) is 7.72. The Hall–Kier alpha value is -6.90. The van der Waals surface area contributed by atoms with Crippen molar-refractivity contribution in [1.82, 2.24) is 15.0 Å². The Morgan fingerprint density at radius 2 is 1.00 bits per heavy atom. The Bertz CT molecular complexity index is 3090. The first-order chi connectivity index (χ1) is 29.1. The molecule has 0 radical (unpaired) electrons. The van der Waals surface area contributed by atoms with Crippen molar-refractivity contribution in [1.29, 1.82) is 0 Å². The smallest absolute Gasteiger partial charge is 0.194 e. The molecular weight excluding hydrogens is 721 g/mol. The molecule has 59 heavy (non-hydrogen) atoms. The van der Waals surface area contributed by atoms with Crippen LogP contribution in [0.15, 0.2) is 162 Å². The fourth-order valence-corrected chi connectivity index (χ4v) is 11.8. The lowest BCUT2D eigenvalue weighted by atomic mass is 9.42. The van der Waals surface area contributed by atoms with E-state index in [1.54, 1.807) is 0 Å². The van der Waals surface area contributed by atoms with E-state index in [1.807, 2.05) is 60.7 Å². The summed E-state index contributed by atoms with van der Waals surface area (Å²) in [7, 11) is 0. The summed E-state index contributed by atoms with van der Waals surface area (Å²) in [5.74, 6) is 4.82. The molecule has 9 aromatic rings. The van der Waals surface area contributed by atoms with E-state index in [9.17, 15) is 0 Å². The molecular formula is C54H40N4O. The third-order valence-corrected chi connectivity index (χ3v) is 14.1. The molecule has 4 fully saturated rings. The predicted molar refractivity (Wildman–Crippen MR) is 237 cm³/mol. The quantitative estimate of drug-likeness (QED) is 0.158. The van der Waals surface area contributed by atoms with Gasteiger partial charge in [0.05, 0.1) is 6.57 Å². The highest BCUT2D eigenvalue weighted by Gasteiger charge is 2.58. The van der Waals surface area contributed by atoms with Crippen LogP contribution in [0.5, 0.6) is 0 Å². The molecule has 5 heteroatoms. The first kappa shape index (κ1) is 34.2. The van der Waals surface area contributed by atoms with Crippen molar-refractivity contribution in [3.05, 3.63) is 180 Å². The molecule has 0 N–H and O–H groups in total. The van der Waals surface area contributed by atoms with Gasteiger partial charge in [0.1, 0.15) is 11.2 Å². The summed E-state index contributed by atoms with van der Waals surface area (Å²) in [6.07, 6.45) is 6.59. The topological polar surface area (TPSA) is 56.2 Å². The molecule has 0 amide bonds. The van der Waals surface area contributed by atoms with Gasteiger partial charge in [-0.15, -0.1) is 0 Å². The minimum atomic E-state index is -0.0576. The average Bonchev–Trinajstić information content (AvgIpc) is 3.68. The summed E-state index contributed by atoms with van der Waals surface area (Å²) in [5.41, 5.74) is 10.4. The molecule has 0 aliphatic heterocycles. The lowest BCUT2D eigenvalue weighted by molar-refractivity contribution is -0.0418. The van der Waals surface area contributed by atoms with E-state index >= 15 is 0 Å². The summed E-state index contributed by atoms with van der Waals surface area (Å²) in [6, 6.07) is 55.7. The summed E-state index contributed by atoms with van der Waals surface area (Å²) in [5, 5.41) is 4.19. The van der Waals surface area contributed by atoms with Gasteiger partial charge in [0.15, 0.2) is 23.2 Å². The zero-order chi connectivity index (χ0) is 39.1. The first-order valence-corrected chi connectivity index (χ1v) is 21.0. The summed E-state index contributed by atoms with van der Waals surface area (Å²) in [4.78, 5) is 19.3. The Morgan fingerprint density at radius 3 is 1.71 bits per heavy atom. The zero-order valence-corrected chi connectivity index (χ0v) is 32.6. The van der Waals surface area contributed by atoms with E-state index in [0.717, 1.165) is 61.2 Å². The van der Waals surface area contributed by atoms with Gasteiger partial charge in [-0.2, -0.15) is 0 Å². The van der Waals surface area contributed by atoms with Crippen molar-refractivity contribution >= 4 is 38.4 Å². The van der Waals surface area contributed by atoms with Crippen molar-refractivity contribution in [2.75, 3.05) is 0 Å². The number of hydrogen-bond donors (Lipinski definition) is 0. The van der Waals surface area contributed by atoms with Crippen molar-refractivity contribution in [2.24, 2.45) is 23.7 Å². The number of aromatic nitrogens is 3. The molecule has 13 rings (SSSR count). The number of furan rings is 1. The number of fused-ring (bicyclic) bond motifs is 4. The highest BCUT2D eigenvalue weighted by molar-refractivity contribution is 6.11. The van der Waals surface area contributed by atoms with Crippen LogP contribution in [0.25, 0.3) is 82.8 Å². The van der Waals surface area contributed by atoms with Gasteiger partial charge in [-0.1, -0.05) is 146 Å². The average molecular weight is 761 g/mol. The second kappa shape index (κ2) is 13.3. The van der Waals surface area contributed by atoms with Crippen LogP contribution in [0.2, 0.25) is 0 Å². The largest absolute Gasteiger partial charge is 0.456 e. The molecule has 5 nitrogen and oxygen atoms in total. The van der Waals surface area contributed by atoms with Crippen LogP contribution in [0.1, 0.15) is 43.2 Å². The maximum absolute atomic E-state index is 7.73. The van der Waals surface area contributed by atoms with E-state index in [2.05, 4.69) is 102 Å². The van der Waals surface area contributed by atoms with Crippen molar-refractivity contribution in [3.8, 4) is 45.3 Å². The first-order valence-electron chi connectivity index (χ1n) is 21.0. The molecule has 0 spiro atoms. The fraction of sp³-hybridized carbons (Fsp3) is 0.185. The van der Waals surface area contributed by atoms with Crippen molar-refractivity contribution in [3.63, 3.8) is 0 Å². The van der Waals surface area contributed by atoms with Gasteiger partial charge in [-0.3, -0.25) is 0 Å². The number of nitrogens with zero attached hydrogens (tertiary/aromatic N) is 4. The van der Waals surface area contributed by atoms with Crippen LogP contribution in [-0.4, -0.2) is 15.0 Å². The Balaban J connectivity index is 0.978. The molecule has 4 aliphatic rings. The molecule has 4 bridgehead atoms. The second-order valence-corrected chi connectivity index (χ2v) is 17.1. The van der Waals surface area contributed by atoms with Crippen LogP contribution >= 0.6 is 0 Å². The van der Waals surface area contributed by atoms with Gasteiger partial charge in [0.2, 0.25) is 0 Å². The van der Waals surface area contributed by atoms with Gasteiger partial charge < -0.3 is 4.42 Å². The van der Waals surface area contributed by atoms with E-state index in [-0.39, 0.29) is 5.41 Å². The van der Waals surface area contributed by atoms with Crippen molar-refractivity contribution < 1.29 is 4.42 Å². The lowest BCUT2D eigenvalue weighted by Gasteiger charge is -2.62. The van der Waals surface area contributed by atoms with Gasteiger partial charge in [0, 0.05) is 32.9 Å². The number of para-hydroxylation sites is 1. The van der Waals surface area contributed by atoms with Gasteiger partial charge in [0.25, 0.3) is 0 Å². The highest BCUT2D eigenvalue weighted by atomic mass is 16.3. The van der Waals surface area contributed by atoms with Crippen LogP contribution in [0.3, 0.4) is 0 Å². The second-order valence-electron chi connectivity index (χ2n) is 17.1. The monoisotopic (exact) mass is 760 g/mol. The molecule has 282 valence electrons. The maximum Gasteiger partial charge on any atom is 0.194 e. The third-order valence-electron chi connectivity index (χ3n) is 14.1. The molecule has 4 saturated carbocycles. The standard InChI is InChI=1S/C54H40N4O/c1-55-47-17-8-14-43-42(13-7-15-44(43)47)35-20-24-38(25-21-35)54(40-29-33-28-34(31-40)32-41(54)30-33)39-26-22-37(23-27-39)52-56-51(36-10-3-2-4-11-36)57-53(58-52)46-16-9-19-49-50(46)45-12-5-6-18-48(45)59-49/h2-27,33-34,40-41H,28-32H2. The summed E-state index contributed by atoms with van der Waals surface area (Å²) >= 11 is 0. The molecule has 0 unspecified atom stereocenters. The maximum atomic E-state index is 7.73. The van der Waals surface area contributed by atoms with Crippen LogP contribution in [0.4, 0.5) is 5.69 Å². The van der Waals surface area contributed by atoms with E-state index in [0.29, 0.717) is 35.0 Å². The predicted octanol–water partition coefficient (Wildman–Crippen LogP) is 13.9. The minimum Gasteiger partial charge on any atom is -0.456 e. The molecule has 2 aromatic heterocycles. The lowest BCUT2D eigenvalue weighted by Crippen LogP contribution is -2.56. The number of hydrogen-bond acceptors (Lipinski definition) is 4. The van der Waals surface area contributed by atoms with E-state index in [1.165, 1.54) is 54.4 Å². The van der Waals surface area contributed by atoms with E-state index in [4.69, 9.17) is 25.9 Å². The SMILES string of the molecule is [C-]#[N+]c1cccc2c(-c3ccc(C4(c5ccc(-c6nc(-c7ccccc7)nc(-c7cccc8oc9ccccc9c78)n6)cc5)C5CC6CC(C5)CC4C6)cc3)cccc12. The van der Waals surface area contributed by atoms with Gasteiger partial charge in [-0.05, 0) is 101 Å². The van der Waals surface area contributed by atoms with Gasteiger partial charge >= 0.3 is 0 Å². The molecule has 2 heterocycles. The molecule has 7 aromatic carbocycles. The highest BCUT2D eigenvalue weighted by Crippen LogP contribution is 2.65. The summed E-state index contributed by atoms with van der Waals surface area (Å²) < 4.78 is 6.28. The van der Waals surface area contributed by atoms with Crippen LogP contribution < -0.4 is 0 Å². The normalized spacial score (nSPS) is 21.9. The van der Waals surface area contributed by atoms with Crippen molar-refractivity contribution in [2.45, 2.75) is 37.5 Å². The van der Waals surface area contributed by atoms with Gasteiger partial charge in [-0.25, -0.2) is 19.8 Å². The third kappa shape index (κ3) is 5.33. The van der Waals surface area contributed by atoms with E-state index < -0.39 is 0 Å². The molecule has 4 aliphatic carbocycles. The Morgan fingerprint density at radius 1 is 0.458 bits per heavy atom. The number of benzene rings is 7. The van der Waals surface area contributed by atoms with Crippen LogP contribution in [0, 0.1) is 30.2 Å². The summed E-state index contributed by atoms with van der Waals surface area (Å²) in [6.45, 7) is 7.73. The number of rotatable bonds is 6. The molecule has 0 atom stereocenters. The fourth-order valence-electron chi connectivity index (χ4n) is 11.8. The minimum absolute atomic E-state index is 0.0576. The zero-order valence-electron chi connectivity index (χ0n) is 32.6.